The van der Waals surface area contributed by atoms with Gasteiger partial charge >= 0.3 is 0 Å². The summed E-state index contributed by atoms with van der Waals surface area (Å²) in [7, 11) is 0. The van der Waals surface area contributed by atoms with E-state index < -0.39 is 0 Å². The second-order valence-corrected chi connectivity index (χ2v) is 7.60. The maximum atomic E-state index is 12.4. The zero-order valence-corrected chi connectivity index (χ0v) is 16.4. The SMILES string of the molecule is C[C@@H](Cn1ccc(-c2ccc(C#N)c(Cl)c2)n1)NC(=O)c1cn2ccsc2n1. The zero-order chi connectivity index (χ0) is 19.7. The lowest BCUT2D eigenvalue weighted by Crippen LogP contribution is -2.36. The Morgan fingerprint density at radius 1 is 1.39 bits per heavy atom. The molecule has 1 aromatic carbocycles. The molecule has 9 heteroatoms. The van der Waals surface area contributed by atoms with Gasteiger partial charge in [0.25, 0.3) is 5.91 Å². The average molecular weight is 411 g/mol. The molecule has 1 amide bonds. The molecular weight excluding hydrogens is 396 g/mol. The van der Waals surface area contributed by atoms with Gasteiger partial charge in [0, 0.05) is 35.6 Å². The Morgan fingerprint density at radius 3 is 3.00 bits per heavy atom. The predicted octanol–water partition coefficient (Wildman–Crippen LogP) is 3.60. The van der Waals surface area contributed by atoms with Crippen LogP contribution in [0.3, 0.4) is 0 Å². The van der Waals surface area contributed by atoms with Gasteiger partial charge in [-0.2, -0.15) is 10.4 Å². The monoisotopic (exact) mass is 410 g/mol. The van der Waals surface area contributed by atoms with Crippen molar-refractivity contribution in [3.05, 3.63) is 64.5 Å². The van der Waals surface area contributed by atoms with Crippen LogP contribution in [-0.4, -0.2) is 31.1 Å². The van der Waals surface area contributed by atoms with Crippen molar-refractivity contribution >= 4 is 33.8 Å². The molecule has 0 spiro atoms. The standard InChI is InChI=1S/C19H15ClN6OS/c1-12(22-18(27)17-11-25-6-7-28-19(25)23-17)10-26-5-4-16(24-26)13-2-3-14(9-21)15(20)8-13/h2-8,11-12H,10H2,1H3,(H,22,27)/t12-/m0/s1. The minimum Gasteiger partial charge on any atom is -0.346 e. The third-order valence-electron chi connectivity index (χ3n) is 4.19. The number of aromatic nitrogens is 4. The number of nitriles is 1. The van der Waals surface area contributed by atoms with Gasteiger partial charge in [0.1, 0.15) is 11.8 Å². The summed E-state index contributed by atoms with van der Waals surface area (Å²) in [4.78, 5) is 17.5. The fourth-order valence-corrected chi connectivity index (χ4v) is 3.77. The van der Waals surface area contributed by atoms with E-state index in [1.54, 1.807) is 23.0 Å². The number of rotatable bonds is 5. The molecule has 1 atom stereocenters. The number of carbonyl (C=O) groups excluding carboxylic acids is 1. The van der Waals surface area contributed by atoms with Gasteiger partial charge in [-0.3, -0.25) is 13.9 Å². The van der Waals surface area contributed by atoms with Gasteiger partial charge in [-0.25, -0.2) is 4.98 Å². The van der Waals surface area contributed by atoms with Crippen molar-refractivity contribution < 1.29 is 4.79 Å². The van der Waals surface area contributed by atoms with Crippen LogP contribution in [0.5, 0.6) is 0 Å². The lowest BCUT2D eigenvalue weighted by Gasteiger charge is -2.13. The molecule has 0 bridgehead atoms. The van der Waals surface area contributed by atoms with Gasteiger partial charge in [0.05, 0.1) is 22.8 Å². The number of nitrogens with one attached hydrogen (secondary N) is 1. The van der Waals surface area contributed by atoms with Crippen molar-refractivity contribution in [1.29, 1.82) is 5.26 Å². The van der Waals surface area contributed by atoms with E-state index in [1.807, 2.05) is 47.3 Å². The summed E-state index contributed by atoms with van der Waals surface area (Å²) >= 11 is 7.58. The third-order valence-corrected chi connectivity index (χ3v) is 5.27. The molecule has 0 unspecified atom stereocenters. The lowest BCUT2D eigenvalue weighted by molar-refractivity contribution is 0.0931. The first kappa shape index (κ1) is 18.2. The highest BCUT2D eigenvalue weighted by atomic mass is 35.5. The molecule has 4 rings (SSSR count). The van der Waals surface area contributed by atoms with E-state index >= 15 is 0 Å². The minimum absolute atomic E-state index is 0.135. The number of fused-ring (bicyclic) bond motifs is 1. The number of amides is 1. The molecule has 140 valence electrons. The Balaban J connectivity index is 1.41. The first-order chi connectivity index (χ1) is 13.5. The van der Waals surface area contributed by atoms with Gasteiger partial charge in [-0.15, -0.1) is 11.3 Å². The summed E-state index contributed by atoms with van der Waals surface area (Å²) in [6, 6.07) is 8.99. The van der Waals surface area contributed by atoms with Crippen molar-refractivity contribution in [2.24, 2.45) is 0 Å². The van der Waals surface area contributed by atoms with Gasteiger partial charge in [-0.1, -0.05) is 17.7 Å². The predicted molar refractivity (Wildman–Crippen MR) is 107 cm³/mol. The second-order valence-electron chi connectivity index (χ2n) is 6.32. The topological polar surface area (TPSA) is 88.0 Å². The summed E-state index contributed by atoms with van der Waals surface area (Å²) in [6.07, 6.45) is 5.43. The first-order valence-corrected chi connectivity index (χ1v) is 9.76. The third kappa shape index (κ3) is 3.63. The summed E-state index contributed by atoms with van der Waals surface area (Å²) < 4.78 is 3.59. The van der Waals surface area contributed by atoms with Crippen molar-refractivity contribution in [3.8, 4) is 17.3 Å². The normalized spacial score (nSPS) is 12.0. The molecule has 4 aromatic rings. The summed E-state index contributed by atoms with van der Waals surface area (Å²) in [6.45, 7) is 2.42. The second kappa shape index (κ2) is 7.46. The fraction of sp³-hybridized carbons (Fsp3) is 0.158. The van der Waals surface area contributed by atoms with E-state index in [0.29, 0.717) is 22.8 Å². The Morgan fingerprint density at radius 2 is 2.25 bits per heavy atom. The molecule has 3 aromatic heterocycles. The minimum atomic E-state index is -0.213. The van der Waals surface area contributed by atoms with Gasteiger partial charge in [-0.05, 0) is 25.1 Å². The number of nitrogens with zero attached hydrogens (tertiary/aromatic N) is 5. The highest BCUT2D eigenvalue weighted by Crippen LogP contribution is 2.24. The molecule has 0 saturated carbocycles. The molecule has 28 heavy (non-hydrogen) atoms. The number of carbonyl (C=O) groups is 1. The van der Waals surface area contributed by atoms with Crippen LogP contribution in [0.1, 0.15) is 23.0 Å². The zero-order valence-electron chi connectivity index (χ0n) is 14.8. The Hall–Kier alpha value is -3.15. The molecule has 0 radical (unpaired) electrons. The first-order valence-electron chi connectivity index (χ1n) is 8.50. The van der Waals surface area contributed by atoms with Crippen LogP contribution in [0.4, 0.5) is 0 Å². The molecule has 0 aliphatic rings. The maximum Gasteiger partial charge on any atom is 0.271 e. The van der Waals surface area contributed by atoms with Crippen LogP contribution in [0.25, 0.3) is 16.2 Å². The number of hydrogen-bond acceptors (Lipinski definition) is 5. The Kier molecular flexibility index (Phi) is 4.86. The molecule has 0 saturated heterocycles. The largest absolute Gasteiger partial charge is 0.346 e. The van der Waals surface area contributed by atoms with Crippen LogP contribution in [0, 0.1) is 11.3 Å². The smallest absolute Gasteiger partial charge is 0.271 e. The number of imidazole rings is 1. The molecule has 7 nitrogen and oxygen atoms in total. The molecule has 0 aliphatic heterocycles. The molecule has 0 aliphatic carbocycles. The van der Waals surface area contributed by atoms with Crippen molar-refractivity contribution in [1.82, 2.24) is 24.5 Å². The van der Waals surface area contributed by atoms with Crippen molar-refractivity contribution in [2.75, 3.05) is 0 Å². The quantitative estimate of drug-likeness (QED) is 0.544. The van der Waals surface area contributed by atoms with Gasteiger partial charge in [0.15, 0.2) is 4.96 Å². The van der Waals surface area contributed by atoms with E-state index in [2.05, 4.69) is 15.4 Å². The molecule has 1 N–H and O–H groups in total. The fourth-order valence-electron chi connectivity index (χ4n) is 2.84. The van der Waals surface area contributed by atoms with Gasteiger partial charge in [0.2, 0.25) is 0 Å². The van der Waals surface area contributed by atoms with Crippen LogP contribution in [0.15, 0.2) is 48.2 Å². The van der Waals surface area contributed by atoms with Crippen molar-refractivity contribution in [3.63, 3.8) is 0 Å². The number of hydrogen-bond donors (Lipinski definition) is 1. The van der Waals surface area contributed by atoms with Crippen LogP contribution < -0.4 is 5.32 Å². The summed E-state index contributed by atoms with van der Waals surface area (Å²) in [5.74, 6) is -0.213. The number of halogens is 1. The average Bonchev–Trinajstić information content (AvgIpc) is 3.37. The summed E-state index contributed by atoms with van der Waals surface area (Å²) in [5, 5.41) is 18.8. The summed E-state index contributed by atoms with van der Waals surface area (Å²) in [5.41, 5.74) is 2.41. The highest BCUT2D eigenvalue weighted by molar-refractivity contribution is 7.15. The Labute approximate surface area is 169 Å². The maximum absolute atomic E-state index is 12.4. The highest BCUT2D eigenvalue weighted by Gasteiger charge is 2.15. The Bertz CT molecular complexity index is 1170. The number of thiazole rings is 1. The van der Waals surface area contributed by atoms with E-state index in [9.17, 15) is 4.79 Å². The van der Waals surface area contributed by atoms with Crippen molar-refractivity contribution in [2.45, 2.75) is 19.5 Å². The van der Waals surface area contributed by atoms with E-state index in [4.69, 9.17) is 16.9 Å². The molecule has 0 fully saturated rings. The van der Waals surface area contributed by atoms with E-state index in [-0.39, 0.29) is 11.9 Å². The van der Waals surface area contributed by atoms with Crippen LogP contribution >= 0.6 is 22.9 Å². The molecular formula is C19H15ClN6OS. The van der Waals surface area contributed by atoms with E-state index in [1.165, 1.54) is 11.3 Å². The van der Waals surface area contributed by atoms with Crippen LogP contribution in [-0.2, 0) is 6.54 Å². The van der Waals surface area contributed by atoms with E-state index in [0.717, 1.165) is 16.2 Å². The van der Waals surface area contributed by atoms with Crippen LogP contribution in [0.2, 0.25) is 5.02 Å². The lowest BCUT2D eigenvalue weighted by atomic mass is 10.1. The number of benzene rings is 1. The van der Waals surface area contributed by atoms with Gasteiger partial charge < -0.3 is 5.32 Å². The molecule has 3 heterocycles.